The number of carboxylic acids is 1. The molecule has 0 aliphatic carbocycles. The highest BCUT2D eigenvalue weighted by atomic mass is 16.4. The summed E-state index contributed by atoms with van der Waals surface area (Å²) in [6.07, 6.45) is 0.274. The van der Waals surface area contributed by atoms with Crippen molar-refractivity contribution in [2.75, 3.05) is 7.05 Å². The second kappa shape index (κ2) is 8.94. The summed E-state index contributed by atoms with van der Waals surface area (Å²) in [5.41, 5.74) is 2.46. The van der Waals surface area contributed by atoms with Crippen LogP contribution in [0.2, 0.25) is 0 Å². The summed E-state index contributed by atoms with van der Waals surface area (Å²) >= 11 is 0. The minimum absolute atomic E-state index is 0.0121. The third-order valence-electron chi connectivity index (χ3n) is 4.36. The Bertz CT molecular complexity index is 768. The molecule has 2 aromatic rings. The van der Waals surface area contributed by atoms with Crippen molar-refractivity contribution in [2.24, 2.45) is 0 Å². The summed E-state index contributed by atoms with van der Waals surface area (Å²) in [6, 6.07) is 15.4. The summed E-state index contributed by atoms with van der Waals surface area (Å²) in [5.74, 6) is -1.54. The third-order valence-corrected chi connectivity index (χ3v) is 4.36. The van der Waals surface area contributed by atoms with Gasteiger partial charge in [0.15, 0.2) is 5.78 Å². The fourth-order valence-electron chi connectivity index (χ4n) is 2.68. The second-order valence-electron chi connectivity index (χ2n) is 6.34. The van der Waals surface area contributed by atoms with E-state index < -0.39 is 12.0 Å². The lowest BCUT2D eigenvalue weighted by atomic mass is 10.0. The Morgan fingerprint density at radius 2 is 1.58 bits per heavy atom. The number of benzene rings is 2. The lowest BCUT2D eigenvalue weighted by Gasteiger charge is -2.25. The molecule has 5 nitrogen and oxygen atoms in total. The van der Waals surface area contributed by atoms with Crippen LogP contribution in [0.1, 0.15) is 34.3 Å². The largest absolute Gasteiger partial charge is 0.480 e. The first-order valence-electron chi connectivity index (χ1n) is 8.50. The predicted octanol–water partition coefficient (Wildman–Crippen LogP) is 3.11. The van der Waals surface area contributed by atoms with Crippen molar-refractivity contribution in [3.63, 3.8) is 0 Å². The third kappa shape index (κ3) is 5.28. The Labute approximate surface area is 153 Å². The predicted molar refractivity (Wildman–Crippen MR) is 99.1 cm³/mol. The van der Waals surface area contributed by atoms with Gasteiger partial charge in [-0.25, -0.2) is 4.79 Å². The van der Waals surface area contributed by atoms with Crippen molar-refractivity contribution in [1.82, 2.24) is 4.90 Å². The van der Waals surface area contributed by atoms with E-state index in [-0.39, 0.29) is 31.0 Å². The molecular formula is C21H23NO4. The van der Waals surface area contributed by atoms with E-state index in [1.807, 2.05) is 49.4 Å². The van der Waals surface area contributed by atoms with Crippen LogP contribution in [0.5, 0.6) is 0 Å². The normalized spacial score (nSPS) is 11.6. The number of likely N-dealkylation sites (N-methyl/N-ethyl adjacent to an activating group) is 1. The summed E-state index contributed by atoms with van der Waals surface area (Å²) in [4.78, 5) is 37.4. The number of aliphatic carboxylic acids is 1. The Morgan fingerprint density at radius 3 is 2.15 bits per heavy atom. The van der Waals surface area contributed by atoms with Crippen LogP contribution >= 0.6 is 0 Å². The maximum absolute atomic E-state index is 12.4. The average Bonchev–Trinajstić information content (AvgIpc) is 2.64. The van der Waals surface area contributed by atoms with Gasteiger partial charge in [-0.15, -0.1) is 0 Å². The number of aryl methyl sites for hydroxylation is 1. The van der Waals surface area contributed by atoms with Crippen LogP contribution in [0.4, 0.5) is 0 Å². The molecule has 1 atom stereocenters. The van der Waals surface area contributed by atoms with Gasteiger partial charge in [0.2, 0.25) is 5.91 Å². The topological polar surface area (TPSA) is 74.7 Å². The first-order chi connectivity index (χ1) is 12.4. The first kappa shape index (κ1) is 19.4. The fraction of sp³-hybridized carbons (Fsp3) is 0.286. The summed E-state index contributed by atoms with van der Waals surface area (Å²) in [7, 11) is 1.47. The molecule has 0 bridgehead atoms. The number of carbonyl (C=O) groups excluding carboxylic acids is 2. The number of Topliss-reactive ketones (excluding diaryl/α,β-unsaturated/α-hetero) is 1. The van der Waals surface area contributed by atoms with Gasteiger partial charge in [0.25, 0.3) is 0 Å². The summed E-state index contributed by atoms with van der Waals surface area (Å²) in [6.45, 7) is 1.94. The van der Waals surface area contributed by atoms with Crippen LogP contribution in [-0.4, -0.2) is 40.8 Å². The van der Waals surface area contributed by atoms with Crippen LogP contribution < -0.4 is 0 Å². The van der Waals surface area contributed by atoms with Crippen molar-refractivity contribution in [3.8, 4) is 0 Å². The number of amides is 1. The van der Waals surface area contributed by atoms with E-state index in [2.05, 4.69) is 0 Å². The van der Waals surface area contributed by atoms with E-state index in [1.54, 1.807) is 12.1 Å². The van der Waals surface area contributed by atoms with Gasteiger partial charge in [0, 0.05) is 31.9 Å². The lowest BCUT2D eigenvalue weighted by Crippen LogP contribution is -2.43. The first-order valence-corrected chi connectivity index (χ1v) is 8.50. The Morgan fingerprint density at radius 1 is 0.962 bits per heavy atom. The number of carbonyl (C=O) groups is 3. The highest BCUT2D eigenvalue weighted by Gasteiger charge is 2.27. The lowest BCUT2D eigenvalue weighted by molar-refractivity contribution is -0.148. The van der Waals surface area contributed by atoms with Crippen LogP contribution in [0, 0.1) is 6.92 Å². The molecule has 0 spiro atoms. The van der Waals surface area contributed by atoms with Crippen molar-refractivity contribution in [3.05, 3.63) is 71.3 Å². The van der Waals surface area contributed by atoms with E-state index in [0.717, 1.165) is 11.1 Å². The van der Waals surface area contributed by atoms with Crippen LogP contribution in [-0.2, 0) is 16.0 Å². The van der Waals surface area contributed by atoms with Crippen LogP contribution in [0.3, 0.4) is 0 Å². The molecular weight excluding hydrogens is 330 g/mol. The Kier molecular flexibility index (Phi) is 6.67. The highest BCUT2D eigenvalue weighted by Crippen LogP contribution is 2.12. The second-order valence-corrected chi connectivity index (χ2v) is 6.34. The molecule has 136 valence electrons. The monoisotopic (exact) mass is 353 g/mol. The number of ketones is 1. The molecule has 0 saturated carbocycles. The molecule has 0 aliphatic heterocycles. The Hall–Kier alpha value is -2.95. The minimum atomic E-state index is -1.06. The van der Waals surface area contributed by atoms with Gasteiger partial charge in [0.05, 0.1) is 0 Å². The van der Waals surface area contributed by atoms with Gasteiger partial charge in [-0.3, -0.25) is 9.59 Å². The number of rotatable bonds is 8. The Balaban J connectivity index is 1.96. The molecule has 0 aromatic heterocycles. The molecule has 26 heavy (non-hydrogen) atoms. The van der Waals surface area contributed by atoms with E-state index in [0.29, 0.717) is 5.56 Å². The maximum atomic E-state index is 12.4. The number of nitrogens with zero attached hydrogens (tertiary/aromatic N) is 1. The van der Waals surface area contributed by atoms with Gasteiger partial charge in [-0.2, -0.15) is 0 Å². The quantitative estimate of drug-likeness (QED) is 0.740. The van der Waals surface area contributed by atoms with Gasteiger partial charge < -0.3 is 10.0 Å². The summed E-state index contributed by atoms with van der Waals surface area (Å²) < 4.78 is 0. The fourth-order valence-corrected chi connectivity index (χ4v) is 2.68. The molecule has 1 N–H and O–H groups in total. The zero-order valence-corrected chi connectivity index (χ0v) is 15.0. The van der Waals surface area contributed by atoms with E-state index in [4.69, 9.17) is 0 Å². The number of carboxylic acid groups (broad SMARTS) is 1. The van der Waals surface area contributed by atoms with Crippen molar-refractivity contribution >= 4 is 17.7 Å². The SMILES string of the molecule is Cc1ccc(C(=O)CCC(=O)N(C)C(Cc2ccccc2)C(=O)O)cc1. The van der Waals surface area contributed by atoms with Crippen molar-refractivity contribution in [1.29, 1.82) is 0 Å². The number of hydrogen-bond donors (Lipinski definition) is 1. The smallest absolute Gasteiger partial charge is 0.326 e. The molecule has 2 rings (SSSR count). The molecule has 0 fully saturated rings. The zero-order chi connectivity index (χ0) is 19.1. The molecule has 0 aliphatic rings. The molecule has 0 heterocycles. The van der Waals surface area contributed by atoms with Gasteiger partial charge in [0.1, 0.15) is 6.04 Å². The average molecular weight is 353 g/mol. The van der Waals surface area contributed by atoms with Gasteiger partial charge in [-0.05, 0) is 12.5 Å². The van der Waals surface area contributed by atoms with Crippen LogP contribution in [0.25, 0.3) is 0 Å². The maximum Gasteiger partial charge on any atom is 0.326 e. The molecule has 5 heteroatoms. The molecule has 1 amide bonds. The van der Waals surface area contributed by atoms with Crippen molar-refractivity contribution in [2.45, 2.75) is 32.2 Å². The zero-order valence-electron chi connectivity index (χ0n) is 15.0. The minimum Gasteiger partial charge on any atom is -0.480 e. The summed E-state index contributed by atoms with van der Waals surface area (Å²) in [5, 5.41) is 9.47. The van der Waals surface area contributed by atoms with Crippen LogP contribution in [0.15, 0.2) is 54.6 Å². The molecule has 2 aromatic carbocycles. The highest BCUT2D eigenvalue weighted by molar-refractivity contribution is 5.98. The van der Waals surface area contributed by atoms with E-state index in [1.165, 1.54) is 11.9 Å². The molecule has 0 saturated heterocycles. The standard InChI is InChI=1S/C21H23NO4/c1-15-8-10-17(11-9-15)19(23)12-13-20(24)22(2)18(21(25)26)14-16-6-4-3-5-7-16/h3-11,18H,12-14H2,1-2H3,(H,25,26). The number of hydrogen-bond acceptors (Lipinski definition) is 3. The van der Waals surface area contributed by atoms with E-state index in [9.17, 15) is 19.5 Å². The van der Waals surface area contributed by atoms with Crippen molar-refractivity contribution < 1.29 is 19.5 Å². The molecule has 0 radical (unpaired) electrons. The van der Waals surface area contributed by atoms with Gasteiger partial charge >= 0.3 is 5.97 Å². The molecule has 1 unspecified atom stereocenters. The van der Waals surface area contributed by atoms with Gasteiger partial charge in [-0.1, -0.05) is 60.2 Å². The van der Waals surface area contributed by atoms with E-state index >= 15 is 0 Å².